The monoisotopic (exact) mass is 460 g/mol. The first-order valence-electron chi connectivity index (χ1n) is 8.88. The van der Waals surface area contributed by atoms with Gasteiger partial charge >= 0.3 is 0 Å². The lowest BCUT2D eigenvalue weighted by Crippen LogP contribution is -2.37. The second-order valence-corrected chi connectivity index (χ2v) is 6.34. The molecule has 3 N–H and O–H groups in total. The van der Waals surface area contributed by atoms with Crippen LogP contribution >= 0.6 is 24.0 Å². The molecule has 0 aliphatic rings. The smallest absolute Gasteiger partial charge is 0.251 e. The summed E-state index contributed by atoms with van der Waals surface area (Å²) in [4.78, 5) is 16.2. The summed E-state index contributed by atoms with van der Waals surface area (Å²) in [5, 5.41) is 9.51. The van der Waals surface area contributed by atoms with Crippen molar-refractivity contribution in [3.05, 3.63) is 35.4 Å². The highest BCUT2D eigenvalue weighted by molar-refractivity contribution is 14.0. The number of nitrogens with one attached hydrogen (secondary N) is 3. The van der Waals surface area contributed by atoms with E-state index in [0.29, 0.717) is 18.7 Å². The fraction of sp³-hybridized carbons (Fsp3) is 0.579. The highest BCUT2D eigenvalue weighted by Crippen LogP contribution is 2.05. The molecule has 0 saturated carbocycles. The van der Waals surface area contributed by atoms with E-state index in [4.69, 9.17) is 0 Å². The van der Waals surface area contributed by atoms with Crippen molar-refractivity contribution in [2.24, 2.45) is 10.9 Å². The molecule has 25 heavy (non-hydrogen) atoms. The average Bonchev–Trinajstić information content (AvgIpc) is 2.59. The molecule has 0 heterocycles. The van der Waals surface area contributed by atoms with E-state index in [2.05, 4.69) is 34.8 Å². The zero-order chi connectivity index (χ0) is 17.8. The summed E-state index contributed by atoms with van der Waals surface area (Å²) < 4.78 is 0. The molecule has 0 aromatic heterocycles. The number of nitrogens with zero attached hydrogens (tertiary/aromatic N) is 1. The Labute approximate surface area is 169 Å². The predicted molar refractivity (Wildman–Crippen MR) is 117 cm³/mol. The predicted octanol–water partition coefficient (Wildman–Crippen LogP) is 3.55. The van der Waals surface area contributed by atoms with Gasteiger partial charge in [0, 0.05) is 32.2 Å². The minimum Gasteiger partial charge on any atom is -0.356 e. The lowest BCUT2D eigenvalue weighted by molar-refractivity contribution is 0.0953. The maximum atomic E-state index is 12.0. The summed E-state index contributed by atoms with van der Waals surface area (Å²) in [6.45, 7) is 8.76. The Bertz CT molecular complexity index is 532. The summed E-state index contributed by atoms with van der Waals surface area (Å²) in [5.74, 6) is 1.50. The fourth-order valence-corrected chi connectivity index (χ4v) is 2.29. The summed E-state index contributed by atoms with van der Waals surface area (Å²) in [5.41, 5.74) is 1.76. The molecular weight excluding hydrogens is 427 g/mol. The summed E-state index contributed by atoms with van der Waals surface area (Å²) in [7, 11) is 1.77. The van der Waals surface area contributed by atoms with Crippen LogP contribution in [-0.4, -0.2) is 32.0 Å². The Morgan fingerprint density at radius 3 is 2.56 bits per heavy atom. The number of hydrogen-bond acceptors (Lipinski definition) is 2. The van der Waals surface area contributed by atoms with Crippen LogP contribution in [0.25, 0.3) is 0 Å². The van der Waals surface area contributed by atoms with Gasteiger partial charge < -0.3 is 16.0 Å². The quantitative estimate of drug-likeness (QED) is 0.229. The molecule has 0 spiro atoms. The molecule has 1 amide bonds. The number of rotatable bonds is 9. The third kappa shape index (κ3) is 10.3. The van der Waals surface area contributed by atoms with E-state index in [1.165, 1.54) is 6.42 Å². The second-order valence-electron chi connectivity index (χ2n) is 6.34. The molecule has 0 radical (unpaired) electrons. The van der Waals surface area contributed by atoms with Crippen LogP contribution in [0.4, 0.5) is 0 Å². The van der Waals surface area contributed by atoms with Gasteiger partial charge in [-0.15, -0.1) is 24.0 Å². The van der Waals surface area contributed by atoms with Crippen molar-refractivity contribution in [1.82, 2.24) is 16.0 Å². The van der Waals surface area contributed by atoms with Gasteiger partial charge in [-0.3, -0.25) is 9.79 Å². The standard InChI is InChI=1S/C19H32N4O.HI/c1-5-11-21-18(24)17-10-6-9-16(13-17)14-23-19(20-4)22-12-7-8-15(2)3;/h6,9-10,13,15H,5,7-8,11-12,14H2,1-4H3,(H,21,24)(H2,20,22,23);1H. The Balaban J connectivity index is 0.00000576. The van der Waals surface area contributed by atoms with E-state index in [0.717, 1.165) is 36.8 Å². The normalized spacial score (nSPS) is 11.0. The lowest BCUT2D eigenvalue weighted by atomic mass is 10.1. The van der Waals surface area contributed by atoms with Crippen LogP contribution in [-0.2, 0) is 6.54 Å². The first kappa shape index (κ1) is 23.7. The van der Waals surface area contributed by atoms with Crippen LogP contribution in [0.2, 0.25) is 0 Å². The summed E-state index contributed by atoms with van der Waals surface area (Å²) in [6, 6.07) is 7.68. The zero-order valence-corrected chi connectivity index (χ0v) is 18.2. The molecule has 0 aliphatic carbocycles. The molecule has 0 bridgehead atoms. The number of aliphatic imine (C=N–C) groups is 1. The number of carbonyl (C=O) groups is 1. The number of halogens is 1. The van der Waals surface area contributed by atoms with Crippen molar-refractivity contribution in [2.45, 2.75) is 46.6 Å². The molecule has 0 saturated heterocycles. The van der Waals surface area contributed by atoms with Crippen LogP contribution in [0.15, 0.2) is 29.3 Å². The number of benzene rings is 1. The van der Waals surface area contributed by atoms with E-state index in [1.807, 2.05) is 31.2 Å². The third-order valence-corrected chi connectivity index (χ3v) is 3.66. The molecule has 1 aromatic rings. The first-order chi connectivity index (χ1) is 11.6. The van der Waals surface area contributed by atoms with E-state index >= 15 is 0 Å². The second kappa shape index (κ2) is 13.9. The van der Waals surface area contributed by atoms with Gasteiger partial charge in [0.25, 0.3) is 5.91 Å². The fourth-order valence-electron chi connectivity index (χ4n) is 2.29. The molecule has 0 atom stereocenters. The van der Waals surface area contributed by atoms with Gasteiger partial charge in [-0.2, -0.15) is 0 Å². The van der Waals surface area contributed by atoms with Crippen molar-refractivity contribution < 1.29 is 4.79 Å². The number of carbonyl (C=O) groups excluding carboxylic acids is 1. The molecule has 0 unspecified atom stereocenters. The number of hydrogen-bond donors (Lipinski definition) is 3. The van der Waals surface area contributed by atoms with Gasteiger partial charge in [0.2, 0.25) is 0 Å². The van der Waals surface area contributed by atoms with E-state index in [9.17, 15) is 4.79 Å². The van der Waals surface area contributed by atoms with Crippen LogP contribution in [0.5, 0.6) is 0 Å². The van der Waals surface area contributed by atoms with E-state index in [1.54, 1.807) is 7.05 Å². The minimum atomic E-state index is -0.0186. The van der Waals surface area contributed by atoms with Crippen molar-refractivity contribution in [3.8, 4) is 0 Å². The third-order valence-electron chi connectivity index (χ3n) is 3.66. The maximum absolute atomic E-state index is 12.0. The maximum Gasteiger partial charge on any atom is 0.251 e. The van der Waals surface area contributed by atoms with Gasteiger partial charge in [-0.1, -0.05) is 32.9 Å². The molecular formula is C19H33IN4O. The molecule has 5 nitrogen and oxygen atoms in total. The van der Waals surface area contributed by atoms with Gasteiger partial charge in [0.15, 0.2) is 5.96 Å². The minimum absolute atomic E-state index is 0. The van der Waals surface area contributed by atoms with Gasteiger partial charge in [-0.05, 0) is 42.9 Å². The Morgan fingerprint density at radius 1 is 1.16 bits per heavy atom. The molecule has 6 heteroatoms. The lowest BCUT2D eigenvalue weighted by Gasteiger charge is -2.13. The van der Waals surface area contributed by atoms with Crippen LogP contribution in [0.3, 0.4) is 0 Å². The highest BCUT2D eigenvalue weighted by Gasteiger charge is 2.05. The van der Waals surface area contributed by atoms with Crippen molar-refractivity contribution in [1.29, 1.82) is 0 Å². The van der Waals surface area contributed by atoms with Crippen LogP contribution < -0.4 is 16.0 Å². The number of guanidine groups is 1. The van der Waals surface area contributed by atoms with E-state index in [-0.39, 0.29) is 29.9 Å². The molecule has 1 aromatic carbocycles. The average molecular weight is 460 g/mol. The molecule has 0 fully saturated rings. The highest BCUT2D eigenvalue weighted by atomic mass is 127. The Kier molecular flexibility index (Phi) is 13.2. The molecule has 142 valence electrons. The van der Waals surface area contributed by atoms with Gasteiger partial charge in [0.05, 0.1) is 0 Å². The SMILES string of the molecule is CCCNC(=O)c1cccc(CNC(=NC)NCCCC(C)C)c1.I. The largest absolute Gasteiger partial charge is 0.356 e. The van der Waals surface area contributed by atoms with Crippen LogP contribution in [0.1, 0.15) is 56.0 Å². The first-order valence-corrected chi connectivity index (χ1v) is 8.88. The van der Waals surface area contributed by atoms with Crippen LogP contribution in [0, 0.1) is 5.92 Å². The van der Waals surface area contributed by atoms with Crippen molar-refractivity contribution >= 4 is 35.8 Å². The molecule has 0 aliphatic heterocycles. The molecule has 1 rings (SSSR count). The van der Waals surface area contributed by atoms with Crippen molar-refractivity contribution in [2.75, 3.05) is 20.1 Å². The number of amides is 1. The summed E-state index contributed by atoms with van der Waals surface area (Å²) in [6.07, 6.45) is 3.27. The van der Waals surface area contributed by atoms with Gasteiger partial charge in [0.1, 0.15) is 0 Å². The van der Waals surface area contributed by atoms with Gasteiger partial charge in [-0.25, -0.2) is 0 Å². The Morgan fingerprint density at radius 2 is 1.92 bits per heavy atom. The zero-order valence-electron chi connectivity index (χ0n) is 15.9. The topological polar surface area (TPSA) is 65.5 Å². The van der Waals surface area contributed by atoms with E-state index < -0.39 is 0 Å². The Hall–Kier alpha value is -1.31. The summed E-state index contributed by atoms with van der Waals surface area (Å²) >= 11 is 0. The van der Waals surface area contributed by atoms with Crippen molar-refractivity contribution in [3.63, 3.8) is 0 Å².